The van der Waals surface area contributed by atoms with Crippen molar-refractivity contribution in [2.24, 2.45) is 0 Å². The summed E-state index contributed by atoms with van der Waals surface area (Å²) in [5, 5.41) is 23.3. The zero-order valence-corrected chi connectivity index (χ0v) is 23.9. The molecule has 0 bridgehead atoms. The maximum absolute atomic E-state index is 11.2. The summed E-state index contributed by atoms with van der Waals surface area (Å²) in [5.74, 6) is 0.824. The monoisotopic (exact) mass is 526 g/mol. The summed E-state index contributed by atoms with van der Waals surface area (Å²) in [6, 6.07) is 14.5. The summed E-state index contributed by atoms with van der Waals surface area (Å²) < 4.78 is 26.1. The van der Waals surface area contributed by atoms with E-state index < -0.39 is 45.3 Å². The van der Waals surface area contributed by atoms with Crippen LogP contribution in [0.2, 0.25) is 13.1 Å². The number of fused-ring (bicyclic) bond motifs is 1. The van der Waals surface area contributed by atoms with E-state index in [2.05, 4.69) is 48.0 Å². The number of methoxy groups -OCH3 is 1. The second kappa shape index (κ2) is 11.3. The molecule has 1 aliphatic rings. The predicted molar refractivity (Wildman–Crippen MR) is 146 cm³/mol. The summed E-state index contributed by atoms with van der Waals surface area (Å²) in [5.41, 5.74) is 4.03. The van der Waals surface area contributed by atoms with Gasteiger partial charge in [0.05, 0.1) is 24.8 Å². The Balaban J connectivity index is 1.75. The van der Waals surface area contributed by atoms with Gasteiger partial charge < -0.3 is 33.4 Å². The summed E-state index contributed by atoms with van der Waals surface area (Å²) in [6.45, 7) is 12.1. The van der Waals surface area contributed by atoms with Gasteiger partial charge in [0, 0.05) is 11.6 Å². The molecule has 201 valence electrons. The van der Waals surface area contributed by atoms with Gasteiger partial charge in [0.1, 0.15) is 30.2 Å². The first kappa shape index (κ1) is 27.8. The zero-order valence-electron chi connectivity index (χ0n) is 22.9. The van der Waals surface area contributed by atoms with Gasteiger partial charge in [-0.1, -0.05) is 24.3 Å². The number of ether oxygens (including phenoxy) is 3. The largest absolute Gasteiger partial charge is 0.497 e. The van der Waals surface area contributed by atoms with Crippen LogP contribution >= 0.6 is 0 Å². The van der Waals surface area contributed by atoms with Crippen LogP contribution < -0.4 is 4.74 Å². The van der Waals surface area contributed by atoms with Crippen LogP contribution in [0.25, 0.3) is 10.9 Å². The first-order valence-electron chi connectivity index (χ1n) is 12.8. The minimum atomic E-state index is -1.20. The lowest BCUT2D eigenvalue weighted by atomic mass is 9.98. The Labute approximate surface area is 221 Å². The quantitative estimate of drug-likeness (QED) is 0.417. The number of hydrogen-bond acceptors (Lipinski definition) is 6. The van der Waals surface area contributed by atoms with Gasteiger partial charge in [-0.25, -0.2) is 0 Å². The maximum Gasteiger partial charge on any atom is 0.205 e. The maximum atomic E-state index is 11.2. The molecule has 2 heterocycles. The van der Waals surface area contributed by atoms with Gasteiger partial charge in [0.15, 0.2) is 6.23 Å². The predicted octanol–water partition coefficient (Wildman–Crippen LogP) is 4.62. The Bertz CT molecular complexity index is 1190. The number of aromatic nitrogens is 1. The van der Waals surface area contributed by atoms with Gasteiger partial charge >= 0.3 is 0 Å². The van der Waals surface area contributed by atoms with Crippen molar-refractivity contribution in [3.05, 3.63) is 65.4 Å². The Morgan fingerprint density at radius 1 is 1.03 bits per heavy atom. The third-order valence-corrected chi connectivity index (χ3v) is 7.36. The Morgan fingerprint density at radius 3 is 2.35 bits per heavy atom. The average Bonchev–Trinajstić information content (AvgIpc) is 3.18. The lowest BCUT2D eigenvalue weighted by molar-refractivity contribution is -0.253. The SMILES string of the molecule is COc1ccc(Cc2cn([C@@H]3O[C@H](COC(C)(C)C)[C@@H](O)[C@H](O)[C@H]3O[Si](C)C)c3cc(C)ccc23)cc1. The van der Waals surface area contributed by atoms with Crippen LogP contribution in [0, 0.1) is 6.92 Å². The van der Waals surface area contributed by atoms with E-state index in [1.165, 1.54) is 0 Å². The molecule has 1 aliphatic heterocycles. The van der Waals surface area contributed by atoms with E-state index >= 15 is 0 Å². The van der Waals surface area contributed by atoms with E-state index in [-0.39, 0.29) is 6.61 Å². The van der Waals surface area contributed by atoms with E-state index in [4.69, 9.17) is 18.6 Å². The van der Waals surface area contributed by atoms with Crippen LogP contribution in [-0.4, -0.2) is 67.6 Å². The molecule has 1 aromatic heterocycles. The average molecular weight is 527 g/mol. The van der Waals surface area contributed by atoms with Crippen molar-refractivity contribution in [2.75, 3.05) is 13.7 Å². The van der Waals surface area contributed by atoms with Crippen LogP contribution in [0.4, 0.5) is 0 Å². The third-order valence-electron chi connectivity index (χ3n) is 6.62. The van der Waals surface area contributed by atoms with Crippen molar-refractivity contribution < 1.29 is 28.8 Å². The van der Waals surface area contributed by atoms with Crippen LogP contribution in [0.15, 0.2) is 48.7 Å². The topological polar surface area (TPSA) is 82.3 Å². The van der Waals surface area contributed by atoms with Crippen LogP contribution in [0.3, 0.4) is 0 Å². The highest BCUT2D eigenvalue weighted by Crippen LogP contribution is 2.36. The van der Waals surface area contributed by atoms with Crippen molar-refractivity contribution in [2.45, 2.75) is 83.5 Å². The zero-order chi connectivity index (χ0) is 26.9. The van der Waals surface area contributed by atoms with Gasteiger partial charge in [-0.05, 0) is 82.1 Å². The van der Waals surface area contributed by atoms with Crippen molar-refractivity contribution >= 4 is 19.9 Å². The highest BCUT2D eigenvalue weighted by molar-refractivity contribution is 6.48. The summed E-state index contributed by atoms with van der Waals surface area (Å²) in [7, 11) is 0.468. The molecule has 1 saturated heterocycles. The normalized spacial score (nSPS) is 24.6. The van der Waals surface area contributed by atoms with Crippen molar-refractivity contribution in [1.82, 2.24) is 4.57 Å². The molecular weight excluding hydrogens is 486 g/mol. The molecular formula is C29H40NO6Si. The Kier molecular flexibility index (Phi) is 8.47. The summed E-state index contributed by atoms with van der Waals surface area (Å²) in [4.78, 5) is 0. The Morgan fingerprint density at radius 2 is 1.73 bits per heavy atom. The molecule has 5 atom stereocenters. The summed E-state index contributed by atoms with van der Waals surface area (Å²) >= 11 is 0. The molecule has 7 nitrogen and oxygen atoms in total. The van der Waals surface area contributed by atoms with Gasteiger partial charge in [-0.15, -0.1) is 0 Å². The van der Waals surface area contributed by atoms with Gasteiger partial charge in [0.2, 0.25) is 9.04 Å². The first-order valence-corrected chi connectivity index (χ1v) is 15.2. The number of aliphatic hydroxyl groups is 2. The van der Waals surface area contributed by atoms with Crippen molar-refractivity contribution in [3.63, 3.8) is 0 Å². The first-order chi connectivity index (χ1) is 17.5. The molecule has 2 N–H and O–H groups in total. The van der Waals surface area contributed by atoms with Crippen LogP contribution in [-0.2, 0) is 20.3 Å². The lowest BCUT2D eigenvalue weighted by Crippen LogP contribution is -2.58. The molecule has 0 aliphatic carbocycles. The fourth-order valence-corrected chi connectivity index (χ4v) is 5.56. The van der Waals surface area contributed by atoms with Gasteiger partial charge in [0.25, 0.3) is 0 Å². The molecule has 8 heteroatoms. The van der Waals surface area contributed by atoms with Gasteiger partial charge in [-0.3, -0.25) is 0 Å². The highest BCUT2D eigenvalue weighted by Gasteiger charge is 2.47. The van der Waals surface area contributed by atoms with E-state index in [1.807, 2.05) is 46.0 Å². The molecule has 0 unspecified atom stereocenters. The molecule has 4 rings (SSSR count). The molecule has 1 radical (unpaired) electrons. The van der Waals surface area contributed by atoms with Gasteiger partial charge in [-0.2, -0.15) is 0 Å². The molecule has 2 aromatic carbocycles. The minimum Gasteiger partial charge on any atom is -0.497 e. The Hall–Kier alpha value is -2.20. The van der Waals surface area contributed by atoms with Crippen molar-refractivity contribution in [3.8, 4) is 5.75 Å². The standard InChI is InChI=1S/C29H40NO6Si/c1-18-8-13-22-20(15-19-9-11-21(33-5)12-10-19)16-30(23(22)14-18)28-27(36-37(6)7)26(32)25(31)24(35-28)17-34-29(2,3)4/h8-14,16,24-28,31-32H,15,17H2,1-7H3/t24-,25-,26+,27-,28-/m1/s1. The van der Waals surface area contributed by atoms with E-state index in [9.17, 15) is 10.2 Å². The molecule has 0 amide bonds. The number of aryl methyl sites for hydroxylation is 1. The number of nitrogens with zero attached hydrogens (tertiary/aromatic N) is 1. The van der Waals surface area contributed by atoms with E-state index in [1.54, 1.807) is 7.11 Å². The number of rotatable bonds is 8. The number of aliphatic hydroxyl groups excluding tert-OH is 2. The van der Waals surface area contributed by atoms with Crippen LogP contribution in [0.5, 0.6) is 5.75 Å². The highest BCUT2D eigenvalue weighted by atomic mass is 28.3. The molecule has 0 saturated carbocycles. The van der Waals surface area contributed by atoms with E-state index in [0.29, 0.717) is 0 Å². The van der Waals surface area contributed by atoms with Crippen LogP contribution in [0.1, 0.15) is 43.7 Å². The fraction of sp³-hybridized carbons (Fsp3) is 0.517. The fourth-order valence-electron chi connectivity index (χ4n) is 4.76. The molecule has 1 fully saturated rings. The second-order valence-electron chi connectivity index (χ2n) is 11.1. The molecule has 0 spiro atoms. The minimum absolute atomic E-state index is 0.165. The van der Waals surface area contributed by atoms with E-state index in [0.717, 1.165) is 39.8 Å². The third kappa shape index (κ3) is 6.45. The van der Waals surface area contributed by atoms with Crippen molar-refractivity contribution in [1.29, 1.82) is 0 Å². The second-order valence-corrected chi connectivity index (χ2v) is 13.1. The molecule has 3 aromatic rings. The number of benzene rings is 2. The lowest BCUT2D eigenvalue weighted by Gasteiger charge is -2.44. The smallest absolute Gasteiger partial charge is 0.205 e. The number of hydrogen-bond donors (Lipinski definition) is 2. The summed E-state index contributed by atoms with van der Waals surface area (Å²) in [6.07, 6.45) is -1.44. The molecule has 37 heavy (non-hydrogen) atoms.